The molecule has 34 heavy (non-hydrogen) atoms. The van der Waals surface area contributed by atoms with Crippen LogP contribution in [-0.2, 0) is 6.54 Å². The van der Waals surface area contributed by atoms with Crippen LogP contribution in [0.4, 0.5) is 15.9 Å². The second kappa shape index (κ2) is 8.66. The number of amides is 1. The van der Waals surface area contributed by atoms with Crippen LogP contribution in [0.25, 0.3) is 11.3 Å². The summed E-state index contributed by atoms with van der Waals surface area (Å²) in [6.45, 7) is 2.24. The van der Waals surface area contributed by atoms with Crippen LogP contribution in [-0.4, -0.2) is 30.3 Å². The molecule has 10 heteroatoms. The number of fused-ring (bicyclic) bond motifs is 1. The predicted octanol–water partition coefficient (Wildman–Crippen LogP) is 3.52. The van der Waals surface area contributed by atoms with E-state index in [1.165, 1.54) is 33.6 Å². The Morgan fingerprint density at radius 2 is 1.91 bits per heavy atom. The van der Waals surface area contributed by atoms with Crippen LogP contribution >= 0.6 is 0 Å². The van der Waals surface area contributed by atoms with Gasteiger partial charge in [0.2, 0.25) is 0 Å². The van der Waals surface area contributed by atoms with Gasteiger partial charge in [0.15, 0.2) is 11.3 Å². The molecule has 0 aliphatic rings. The summed E-state index contributed by atoms with van der Waals surface area (Å²) < 4.78 is 15.9. The summed E-state index contributed by atoms with van der Waals surface area (Å²) in [4.78, 5) is 29.3. The highest BCUT2D eigenvalue weighted by molar-refractivity contribution is 6.03. The third-order valence-electron chi connectivity index (χ3n) is 5.19. The van der Waals surface area contributed by atoms with Crippen LogP contribution in [0.5, 0.6) is 0 Å². The standard InChI is InChI=1S/C24H20FN7O2/c1-15-11-23(33)31(29-15)19-4-2-3-18(12-19)28-24(34)20-14-27-22-10-9-21(30-32(20)22)26-13-16-5-7-17(25)8-6-16/h2-12,14,29H,13H2,1H3,(H,26,30)(H,28,34). The number of halogens is 1. The summed E-state index contributed by atoms with van der Waals surface area (Å²) in [5, 5.41) is 13.4. The van der Waals surface area contributed by atoms with E-state index in [1.807, 2.05) is 0 Å². The van der Waals surface area contributed by atoms with Crippen molar-refractivity contribution in [3.05, 3.63) is 106 Å². The van der Waals surface area contributed by atoms with E-state index < -0.39 is 5.91 Å². The normalized spacial score (nSPS) is 11.0. The minimum Gasteiger partial charge on any atom is -0.365 e. The summed E-state index contributed by atoms with van der Waals surface area (Å²) >= 11 is 0. The summed E-state index contributed by atoms with van der Waals surface area (Å²) in [5.74, 6) is -0.159. The average Bonchev–Trinajstić information content (AvgIpc) is 3.41. The lowest BCUT2D eigenvalue weighted by molar-refractivity contribution is 0.102. The highest BCUT2D eigenvalue weighted by Crippen LogP contribution is 2.16. The molecule has 3 aromatic heterocycles. The van der Waals surface area contributed by atoms with Gasteiger partial charge in [-0.15, -0.1) is 5.10 Å². The minimum atomic E-state index is -0.400. The van der Waals surface area contributed by atoms with E-state index in [4.69, 9.17) is 0 Å². The van der Waals surface area contributed by atoms with Gasteiger partial charge in [0.25, 0.3) is 11.5 Å². The zero-order valence-corrected chi connectivity index (χ0v) is 18.1. The third-order valence-corrected chi connectivity index (χ3v) is 5.19. The van der Waals surface area contributed by atoms with E-state index >= 15 is 0 Å². The number of rotatable bonds is 6. The number of imidazole rings is 1. The highest BCUT2D eigenvalue weighted by Gasteiger charge is 2.15. The first kappa shape index (κ1) is 21.1. The number of carbonyl (C=O) groups is 1. The van der Waals surface area contributed by atoms with E-state index in [9.17, 15) is 14.0 Å². The summed E-state index contributed by atoms with van der Waals surface area (Å²) in [5.41, 5.74) is 3.32. The zero-order chi connectivity index (χ0) is 23.7. The number of nitrogens with zero attached hydrogens (tertiary/aromatic N) is 4. The number of hydrogen-bond donors (Lipinski definition) is 3. The van der Waals surface area contributed by atoms with Crippen molar-refractivity contribution in [1.82, 2.24) is 24.4 Å². The molecule has 0 saturated heterocycles. The van der Waals surface area contributed by atoms with Crippen LogP contribution in [0.2, 0.25) is 0 Å². The average molecular weight is 457 g/mol. The molecule has 0 fully saturated rings. The van der Waals surface area contributed by atoms with Gasteiger partial charge in [-0.1, -0.05) is 18.2 Å². The molecule has 1 amide bonds. The van der Waals surface area contributed by atoms with Gasteiger partial charge in [0.1, 0.15) is 11.6 Å². The van der Waals surface area contributed by atoms with Gasteiger partial charge < -0.3 is 10.6 Å². The smallest absolute Gasteiger partial charge is 0.276 e. The maximum absolute atomic E-state index is 13.1. The van der Waals surface area contributed by atoms with Gasteiger partial charge >= 0.3 is 0 Å². The van der Waals surface area contributed by atoms with E-state index in [-0.39, 0.29) is 17.1 Å². The van der Waals surface area contributed by atoms with Crippen molar-refractivity contribution in [2.75, 3.05) is 10.6 Å². The highest BCUT2D eigenvalue weighted by atomic mass is 19.1. The van der Waals surface area contributed by atoms with Gasteiger partial charge in [-0.2, -0.15) is 0 Å². The Kier molecular flexibility index (Phi) is 5.38. The molecule has 0 aliphatic heterocycles. The molecule has 5 aromatic rings. The van der Waals surface area contributed by atoms with Crippen LogP contribution in [0.1, 0.15) is 21.7 Å². The van der Waals surface area contributed by atoms with Crippen LogP contribution in [0, 0.1) is 12.7 Å². The van der Waals surface area contributed by atoms with Gasteiger partial charge in [-0.05, 0) is 55.0 Å². The fourth-order valence-electron chi connectivity index (χ4n) is 3.54. The summed E-state index contributed by atoms with van der Waals surface area (Å²) in [6.07, 6.45) is 1.45. The Balaban J connectivity index is 1.35. The fraction of sp³-hybridized carbons (Fsp3) is 0.0833. The number of carbonyl (C=O) groups excluding carboxylic acids is 1. The molecule has 3 heterocycles. The van der Waals surface area contributed by atoms with Gasteiger partial charge in [-0.25, -0.2) is 18.6 Å². The molecule has 0 aliphatic carbocycles. The van der Waals surface area contributed by atoms with Crippen molar-refractivity contribution >= 4 is 23.1 Å². The van der Waals surface area contributed by atoms with E-state index in [0.717, 1.165) is 11.3 Å². The van der Waals surface area contributed by atoms with Crippen LogP contribution < -0.4 is 16.2 Å². The number of hydrogen-bond acceptors (Lipinski definition) is 5. The number of nitrogens with one attached hydrogen (secondary N) is 3. The van der Waals surface area contributed by atoms with E-state index in [2.05, 4.69) is 25.8 Å². The molecule has 3 N–H and O–H groups in total. The third kappa shape index (κ3) is 4.29. The number of H-pyrrole nitrogens is 1. The lowest BCUT2D eigenvalue weighted by Crippen LogP contribution is -2.17. The van der Waals surface area contributed by atoms with Gasteiger partial charge in [0.05, 0.1) is 11.9 Å². The fourth-order valence-corrected chi connectivity index (χ4v) is 3.54. The van der Waals surface area contributed by atoms with Crippen molar-refractivity contribution < 1.29 is 9.18 Å². The SMILES string of the molecule is Cc1cc(=O)n(-c2cccc(NC(=O)c3cnc4ccc(NCc5ccc(F)cc5)nn34)c2)[nH]1. The first-order chi connectivity index (χ1) is 16.5. The summed E-state index contributed by atoms with van der Waals surface area (Å²) in [7, 11) is 0. The van der Waals surface area contributed by atoms with Gasteiger partial charge in [-0.3, -0.25) is 14.7 Å². The van der Waals surface area contributed by atoms with Crippen LogP contribution in [0.15, 0.2) is 77.7 Å². The number of aryl methyl sites for hydroxylation is 1. The molecule has 0 saturated carbocycles. The number of aromatic nitrogens is 5. The molecular weight excluding hydrogens is 437 g/mol. The Labute approximate surface area is 192 Å². The second-order valence-corrected chi connectivity index (χ2v) is 7.73. The molecule has 9 nitrogen and oxygen atoms in total. The molecule has 170 valence electrons. The van der Waals surface area contributed by atoms with Gasteiger partial charge in [0, 0.05) is 24.0 Å². The Hall–Kier alpha value is -4.73. The maximum Gasteiger partial charge on any atom is 0.276 e. The zero-order valence-electron chi connectivity index (χ0n) is 18.1. The number of aromatic amines is 1. The monoisotopic (exact) mass is 457 g/mol. The Bertz CT molecular complexity index is 1550. The topological polar surface area (TPSA) is 109 Å². The lowest BCUT2D eigenvalue weighted by atomic mass is 10.2. The Morgan fingerprint density at radius 3 is 2.68 bits per heavy atom. The number of anilines is 2. The predicted molar refractivity (Wildman–Crippen MR) is 126 cm³/mol. The molecule has 0 radical (unpaired) electrons. The second-order valence-electron chi connectivity index (χ2n) is 7.73. The molecule has 5 rings (SSSR count). The van der Waals surface area contributed by atoms with Crippen molar-refractivity contribution in [3.8, 4) is 5.69 Å². The Morgan fingerprint density at radius 1 is 1.09 bits per heavy atom. The van der Waals surface area contributed by atoms with Crippen LogP contribution in [0.3, 0.4) is 0 Å². The quantitative estimate of drug-likeness (QED) is 0.362. The molecule has 0 atom stereocenters. The number of benzene rings is 2. The molecule has 0 bridgehead atoms. The van der Waals surface area contributed by atoms with E-state index in [1.54, 1.807) is 55.5 Å². The van der Waals surface area contributed by atoms with Crippen molar-refractivity contribution in [2.45, 2.75) is 13.5 Å². The molecule has 2 aromatic carbocycles. The first-order valence-corrected chi connectivity index (χ1v) is 10.5. The van der Waals surface area contributed by atoms with Crippen molar-refractivity contribution in [2.24, 2.45) is 0 Å². The molecular formula is C24H20FN7O2. The first-order valence-electron chi connectivity index (χ1n) is 10.5. The maximum atomic E-state index is 13.1. The van der Waals surface area contributed by atoms with Crippen molar-refractivity contribution in [3.63, 3.8) is 0 Å². The largest absolute Gasteiger partial charge is 0.365 e. The van der Waals surface area contributed by atoms with E-state index in [0.29, 0.717) is 29.4 Å². The molecule has 0 spiro atoms. The van der Waals surface area contributed by atoms with Crippen molar-refractivity contribution in [1.29, 1.82) is 0 Å². The minimum absolute atomic E-state index is 0.187. The summed E-state index contributed by atoms with van der Waals surface area (Å²) in [6, 6.07) is 18.1. The lowest BCUT2D eigenvalue weighted by Gasteiger charge is -2.09. The molecule has 0 unspecified atom stereocenters.